The Labute approximate surface area is 137 Å². The zero-order valence-electron chi connectivity index (χ0n) is 12.3. The molecule has 0 radical (unpaired) electrons. The molecule has 1 aromatic carbocycles. The molecule has 0 amide bonds. The molecular weight excluding hydrogens is 322 g/mol. The molecule has 7 nitrogen and oxygen atoms in total. The SMILES string of the molecule is Cc1nc(NC(CO)C(O)c2ccc(Cl)cc2)ccc1[N+](=O)[O-]. The van der Waals surface area contributed by atoms with Gasteiger partial charge in [0.15, 0.2) is 0 Å². The number of rotatable bonds is 6. The Kier molecular flexibility index (Phi) is 5.49. The van der Waals surface area contributed by atoms with Crippen molar-refractivity contribution >= 4 is 23.1 Å². The number of nitrogens with one attached hydrogen (secondary N) is 1. The van der Waals surface area contributed by atoms with E-state index in [1.807, 2.05) is 0 Å². The van der Waals surface area contributed by atoms with Crippen LogP contribution < -0.4 is 5.32 Å². The normalized spacial score (nSPS) is 13.4. The number of benzene rings is 1. The maximum atomic E-state index is 10.8. The highest BCUT2D eigenvalue weighted by Crippen LogP contribution is 2.23. The summed E-state index contributed by atoms with van der Waals surface area (Å²) in [6, 6.07) is 8.64. The Bertz CT molecular complexity index is 694. The van der Waals surface area contributed by atoms with Crippen molar-refractivity contribution in [2.75, 3.05) is 11.9 Å². The number of aryl methyl sites for hydroxylation is 1. The van der Waals surface area contributed by atoms with E-state index >= 15 is 0 Å². The lowest BCUT2D eigenvalue weighted by atomic mass is 10.0. The van der Waals surface area contributed by atoms with Gasteiger partial charge in [0, 0.05) is 11.1 Å². The number of aliphatic hydroxyl groups excluding tert-OH is 2. The first kappa shape index (κ1) is 17.1. The quantitative estimate of drug-likeness (QED) is 0.552. The molecule has 1 heterocycles. The third-order valence-electron chi connectivity index (χ3n) is 3.38. The molecule has 0 saturated heterocycles. The van der Waals surface area contributed by atoms with Crippen molar-refractivity contribution in [2.24, 2.45) is 0 Å². The molecule has 2 atom stereocenters. The predicted octanol–water partition coefficient (Wildman–Crippen LogP) is 2.46. The lowest BCUT2D eigenvalue weighted by molar-refractivity contribution is -0.385. The molecule has 0 aliphatic heterocycles. The fourth-order valence-corrected chi connectivity index (χ4v) is 2.26. The number of hydrogen-bond donors (Lipinski definition) is 3. The van der Waals surface area contributed by atoms with E-state index in [2.05, 4.69) is 10.3 Å². The van der Waals surface area contributed by atoms with Gasteiger partial charge in [-0.2, -0.15) is 0 Å². The minimum atomic E-state index is -0.991. The zero-order chi connectivity index (χ0) is 17.0. The largest absolute Gasteiger partial charge is 0.394 e. The summed E-state index contributed by atoms with van der Waals surface area (Å²) in [7, 11) is 0. The lowest BCUT2D eigenvalue weighted by Gasteiger charge is -2.23. The van der Waals surface area contributed by atoms with Gasteiger partial charge in [0.05, 0.1) is 17.6 Å². The number of aromatic nitrogens is 1. The van der Waals surface area contributed by atoms with Gasteiger partial charge in [-0.15, -0.1) is 0 Å². The number of anilines is 1. The van der Waals surface area contributed by atoms with Crippen molar-refractivity contribution in [1.29, 1.82) is 0 Å². The highest BCUT2D eigenvalue weighted by Gasteiger charge is 2.21. The summed E-state index contributed by atoms with van der Waals surface area (Å²) in [4.78, 5) is 14.3. The van der Waals surface area contributed by atoms with Gasteiger partial charge in [-0.25, -0.2) is 4.98 Å². The fraction of sp³-hybridized carbons (Fsp3) is 0.267. The van der Waals surface area contributed by atoms with Crippen LogP contribution in [0.4, 0.5) is 11.5 Å². The summed E-state index contributed by atoms with van der Waals surface area (Å²) >= 11 is 5.81. The van der Waals surface area contributed by atoms with E-state index in [9.17, 15) is 20.3 Å². The number of pyridine rings is 1. The van der Waals surface area contributed by atoms with Gasteiger partial charge >= 0.3 is 0 Å². The third kappa shape index (κ3) is 4.16. The van der Waals surface area contributed by atoms with Gasteiger partial charge in [0.1, 0.15) is 17.6 Å². The monoisotopic (exact) mass is 337 g/mol. The molecule has 0 spiro atoms. The summed E-state index contributed by atoms with van der Waals surface area (Å²) in [5, 5.41) is 34.1. The average Bonchev–Trinajstić information content (AvgIpc) is 2.52. The minimum absolute atomic E-state index is 0.0886. The number of aliphatic hydroxyl groups is 2. The second-order valence-corrected chi connectivity index (χ2v) is 5.42. The number of hydrogen-bond acceptors (Lipinski definition) is 6. The van der Waals surface area contributed by atoms with Gasteiger partial charge in [0.2, 0.25) is 0 Å². The van der Waals surface area contributed by atoms with Crippen LogP contribution in [-0.2, 0) is 0 Å². The van der Waals surface area contributed by atoms with Gasteiger partial charge in [0.25, 0.3) is 5.69 Å². The molecule has 1 aromatic heterocycles. The Morgan fingerprint density at radius 3 is 2.48 bits per heavy atom. The van der Waals surface area contributed by atoms with Crippen LogP contribution in [0.3, 0.4) is 0 Å². The molecule has 3 N–H and O–H groups in total. The van der Waals surface area contributed by atoms with Crippen LogP contribution >= 0.6 is 11.6 Å². The summed E-state index contributed by atoms with van der Waals surface area (Å²) in [6.07, 6.45) is -0.991. The molecule has 8 heteroatoms. The van der Waals surface area contributed by atoms with Gasteiger partial charge in [-0.3, -0.25) is 10.1 Å². The maximum Gasteiger partial charge on any atom is 0.290 e. The molecule has 122 valence electrons. The molecule has 2 aromatic rings. The Hall–Kier alpha value is -2.22. The van der Waals surface area contributed by atoms with Crippen LogP contribution in [-0.4, -0.2) is 32.8 Å². The summed E-state index contributed by atoms with van der Waals surface area (Å²) in [5.74, 6) is 0.333. The van der Waals surface area contributed by atoms with Crippen molar-refractivity contribution < 1.29 is 15.1 Å². The molecule has 0 aliphatic rings. The second-order valence-electron chi connectivity index (χ2n) is 4.99. The first-order chi connectivity index (χ1) is 10.9. The lowest BCUT2D eigenvalue weighted by Crippen LogP contribution is -2.31. The van der Waals surface area contributed by atoms with E-state index in [0.717, 1.165) is 0 Å². The van der Waals surface area contributed by atoms with Crippen LogP contribution in [0.25, 0.3) is 0 Å². The summed E-state index contributed by atoms with van der Waals surface area (Å²) in [6.45, 7) is 1.17. The van der Waals surface area contributed by atoms with Crippen molar-refractivity contribution in [3.05, 3.63) is 62.8 Å². The highest BCUT2D eigenvalue weighted by atomic mass is 35.5. The predicted molar refractivity (Wildman–Crippen MR) is 86.5 cm³/mol. The van der Waals surface area contributed by atoms with E-state index in [4.69, 9.17) is 11.6 Å². The number of halogens is 1. The molecule has 0 saturated carbocycles. The van der Waals surface area contributed by atoms with Crippen molar-refractivity contribution in [1.82, 2.24) is 4.98 Å². The number of nitrogens with zero attached hydrogens (tertiary/aromatic N) is 2. The maximum absolute atomic E-state index is 10.8. The van der Waals surface area contributed by atoms with Gasteiger partial charge in [-0.1, -0.05) is 23.7 Å². The highest BCUT2D eigenvalue weighted by molar-refractivity contribution is 6.30. The Morgan fingerprint density at radius 1 is 1.30 bits per heavy atom. The molecule has 0 aliphatic carbocycles. The first-order valence-electron chi connectivity index (χ1n) is 6.85. The standard InChI is InChI=1S/C15H16ClN3O4/c1-9-13(19(22)23)6-7-14(17-9)18-12(8-20)15(21)10-2-4-11(16)5-3-10/h2-7,12,15,20-21H,8H2,1H3,(H,17,18). The van der Waals surface area contributed by atoms with E-state index in [1.54, 1.807) is 24.3 Å². The molecular formula is C15H16ClN3O4. The van der Waals surface area contributed by atoms with Crippen molar-refractivity contribution in [2.45, 2.75) is 19.1 Å². The van der Waals surface area contributed by atoms with E-state index in [-0.39, 0.29) is 18.0 Å². The zero-order valence-corrected chi connectivity index (χ0v) is 13.1. The topological polar surface area (TPSA) is 109 Å². The van der Waals surface area contributed by atoms with Crippen LogP contribution in [0, 0.1) is 17.0 Å². The van der Waals surface area contributed by atoms with Gasteiger partial charge in [-0.05, 0) is 30.7 Å². The first-order valence-corrected chi connectivity index (χ1v) is 7.23. The van der Waals surface area contributed by atoms with E-state index in [0.29, 0.717) is 16.4 Å². The molecule has 0 bridgehead atoms. The van der Waals surface area contributed by atoms with Crippen LogP contribution in [0.15, 0.2) is 36.4 Å². The molecule has 2 unspecified atom stereocenters. The molecule has 23 heavy (non-hydrogen) atoms. The van der Waals surface area contributed by atoms with Crippen molar-refractivity contribution in [3.8, 4) is 0 Å². The van der Waals surface area contributed by atoms with E-state index in [1.165, 1.54) is 19.1 Å². The van der Waals surface area contributed by atoms with Crippen molar-refractivity contribution in [3.63, 3.8) is 0 Å². The second kappa shape index (κ2) is 7.36. The fourth-order valence-electron chi connectivity index (χ4n) is 2.13. The smallest absolute Gasteiger partial charge is 0.290 e. The molecule has 2 rings (SSSR count). The van der Waals surface area contributed by atoms with Crippen LogP contribution in [0.5, 0.6) is 0 Å². The third-order valence-corrected chi connectivity index (χ3v) is 3.63. The minimum Gasteiger partial charge on any atom is -0.394 e. The average molecular weight is 338 g/mol. The Morgan fingerprint density at radius 2 is 1.96 bits per heavy atom. The Balaban J connectivity index is 2.17. The summed E-state index contributed by atoms with van der Waals surface area (Å²) < 4.78 is 0. The van der Waals surface area contributed by atoms with Crippen LogP contribution in [0.1, 0.15) is 17.4 Å². The molecule has 0 fully saturated rings. The van der Waals surface area contributed by atoms with E-state index < -0.39 is 17.1 Å². The summed E-state index contributed by atoms with van der Waals surface area (Å²) in [5.41, 5.74) is 0.742. The van der Waals surface area contributed by atoms with Crippen LogP contribution in [0.2, 0.25) is 5.02 Å². The number of nitro groups is 1. The van der Waals surface area contributed by atoms with Gasteiger partial charge < -0.3 is 15.5 Å².